The predicted octanol–water partition coefficient (Wildman–Crippen LogP) is 2.62. The molecule has 238 valence electrons. The van der Waals surface area contributed by atoms with E-state index in [1.54, 1.807) is 19.1 Å². The van der Waals surface area contributed by atoms with E-state index in [0.717, 1.165) is 0 Å². The third-order valence-electron chi connectivity index (χ3n) is 8.45. The summed E-state index contributed by atoms with van der Waals surface area (Å²) in [6, 6.07) is 24.1. The van der Waals surface area contributed by atoms with E-state index in [9.17, 15) is 15.0 Å². The predicted molar refractivity (Wildman–Crippen MR) is 168 cm³/mol. The Kier molecular flexibility index (Phi) is 9.56. The monoisotopic (exact) mass is 617 g/mol. The van der Waals surface area contributed by atoms with Crippen LogP contribution in [0.15, 0.2) is 89.9 Å². The third kappa shape index (κ3) is 5.16. The van der Waals surface area contributed by atoms with E-state index >= 15 is 0 Å². The average molecular weight is 618 g/mol. The maximum Gasteiger partial charge on any atom is 0.351 e. The molecule has 0 unspecified atom stereocenters. The maximum absolute atomic E-state index is 14.1. The highest BCUT2D eigenvalue weighted by molar-refractivity contribution is 5.62. The van der Waals surface area contributed by atoms with Gasteiger partial charge < -0.3 is 39.6 Å². The number of anilines is 1. The van der Waals surface area contributed by atoms with Crippen LogP contribution in [0.25, 0.3) is 0 Å². The van der Waals surface area contributed by atoms with Crippen molar-refractivity contribution in [1.29, 1.82) is 0 Å². The number of ether oxygens (including phenoxy) is 5. The van der Waals surface area contributed by atoms with E-state index in [2.05, 4.69) is 4.98 Å². The normalized spacial score (nSPS) is 21.5. The van der Waals surface area contributed by atoms with Crippen LogP contribution < -0.4 is 20.9 Å². The standard InChI is InChI=1S/C34H39N3O8/c1-22-20-37(32(40)36-31(22)35)34(30(39)29(27(21-38)45-34)44-19-18-41-2)33(23-12-7-5-8-13-23,24-14-9-6-10-15-24)25-16-11-17-26(42-3)28(25)43-4/h5-17,20,27,29-30,38-39H,18-19,21H2,1-4H3,(H2,35,36,40)/t27-,29-,30-,34+/m1/s1. The molecule has 0 saturated carbocycles. The topological polar surface area (TPSA) is 148 Å². The van der Waals surface area contributed by atoms with Crippen LogP contribution in [0.3, 0.4) is 0 Å². The summed E-state index contributed by atoms with van der Waals surface area (Å²) in [5, 5.41) is 23.5. The van der Waals surface area contributed by atoms with Crippen molar-refractivity contribution in [2.75, 3.05) is 46.9 Å². The lowest BCUT2D eigenvalue weighted by molar-refractivity contribution is -0.180. The molecule has 1 aliphatic rings. The average Bonchev–Trinajstić information content (AvgIpc) is 3.35. The minimum absolute atomic E-state index is 0.0365. The molecule has 0 aliphatic carbocycles. The zero-order valence-electron chi connectivity index (χ0n) is 25.8. The van der Waals surface area contributed by atoms with Gasteiger partial charge in [-0.05, 0) is 24.1 Å². The number of hydrogen-bond donors (Lipinski definition) is 3. The third-order valence-corrected chi connectivity index (χ3v) is 8.45. The summed E-state index contributed by atoms with van der Waals surface area (Å²) in [6.45, 7) is 1.50. The van der Waals surface area contributed by atoms with Crippen molar-refractivity contribution in [2.24, 2.45) is 0 Å². The zero-order valence-corrected chi connectivity index (χ0v) is 25.8. The number of benzene rings is 3. The first-order valence-corrected chi connectivity index (χ1v) is 14.6. The van der Waals surface area contributed by atoms with E-state index in [0.29, 0.717) is 33.8 Å². The zero-order chi connectivity index (χ0) is 32.2. The van der Waals surface area contributed by atoms with Gasteiger partial charge in [-0.3, -0.25) is 4.57 Å². The van der Waals surface area contributed by atoms with Gasteiger partial charge in [0.15, 0.2) is 17.2 Å². The highest BCUT2D eigenvalue weighted by Gasteiger charge is 2.70. The van der Waals surface area contributed by atoms with Crippen molar-refractivity contribution in [2.45, 2.75) is 36.4 Å². The quantitative estimate of drug-likeness (QED) is 0.160. The molecule has 0 bridgehead atoms. The number of aliphatic hydroxyl groups excluding tert-OH is 2. The second kappa shape index (κ2) is 13.4. The molecule has 5 rings (SSSR count). The van der Waals surface area contributed by atoms with Crippen molar-refractivity contribution >= 4 is 5.82 Å². The van der Waals surface area contributed by atoms with Gasteiger partial charge in [0.1, 0.15) is 29.5 Å². The van der Waals surface area contributed by atoms with Crippen LogP contribution in [-0.2, 0) is 25.4 Å². The number of para-hydroxylation sites is 1. The number of aliphatic hydroxyl groups is 2. The smallest absolute Gasteiger partial charge is 0.351 e. The molecule has 0 spiro atoms. The summed E-state index contributed by atoms with van der Waals surface area (Å²) in [5.41, 5.74) is 3.97. The van der Waals surface area contributed by atoms with Crippen LogP contribution in [-0.4, -0.2) is 79.2 Å². The molecule has 3 aromatic carbocycles. The molecule has 1 aliphatic heterocycles. The van der Waals surface area contributed by atoms with Gasteiger partial charge in [0.25, 0.3) is 0 Å². The number of hydrogen-bond acceptors (Lipinski definition) is 10. The first kappa shape index (κ1) is 32.1. The minimum Gasteiger partial charge on any atom is -0.493 e. The summed E-state index contributed by atoms with van der Waals surface area (Å²) < 4.78 is 31.4. The van der Waals surface area contributed by atoms with Gasteiger partial charge in [0, 0.05) is 24.4 Å². The number of rotatable bonds is 12. The fraction of sp³-hybridized carbons (Fsp3) is 0.353. The number of aromatic nitrogens is 2. The van der Waals surface area contributed by atoms with Gasteiger partial charge in [-0.25, -0.2) is 4.79 Å². The van der Waals surface area contributed by atoms with Crippen LogP contribution in [0, 0.1) is 6.92 Å². The summed E-state index contributed by atoms with van der Waals surface area (Å²) in [4.78, 5) is 18.2. The van der Waals surface area contributed by atoms with Gasteiger partial charge in [-0.2, -0.15) is 4.98 Å². The molecule has 11 nitrogen and oxygen atoms in total. The SMILES string of the molecule is COCCO[C@H]1[C@@H](O)[C@@](n2cc(C)c(N)nc2=O)(C(c2ccccc2)(c2ccccc2)c2cccc(OC)c2OC)O[C@@H]1CO. The Morgan fingerprint density at radius 3 is 2.16 bits per heavy atom. The Morgan fingerprint density at radius 2 is 1.60 bits per heavy atom. The first-order valence-electron chi connectivity index (χ1n) is 14.6. The second-order valence-corrected chi connectivity index (χ2v) is 10.8. The summed E-state index contributed by atoms with van der Waals surface area (Å²) >= 11 is 0. The highest BCUT2D eigenvalue weighted by Crippen LogP contribution is 2.59. The van der Waals surface area contributed by atoms with Crippen molar-refractivity contribution in [1.82, 2.24) is 9.55 Å². The number of nitrogens with two attached hydrogens (primary N) is 1. The largest absolute Gasteiger partial charge is 0.493 e. The van der Waals surface area contributed by atoms with Gasteiger partial charge in [0.05, 0.1) is 34.0 Å². The minimum atomic E-state index is -2.05. The molecule has 1 aromatic heterocycles. The van der Waals surface area contributed by atoms with Gasteiger partial charge in [0.2, 0.25) is 0 Å². The Balaban J connectivity index is 2.04. The van der Waals surface area contributed by atoms with E-state index in [4.69, 9.17) is 29.4 Å². The number of aryl methyl sites for hydroxylation is 1. The summed E-state index contributed by atoms with van der Waals surface area (Å²) in [7, 11) is 4.59. The van der Waals surface area contributed by atoms with Crippen LogP contribution in [0.1, 0.15) is 22.3 Å². The molecule has 4 N–H and O–H groups in total. The molecule has 11 heteroatoms. The van der Waals surface area contributed by atoms with Crippen LogP contribution in [0.4, 0.5) is 5.82 Å². The van der Waals surface area contributed by atoms with E-state index < -0.39 is 41.7 Å². The fourth-order valence-corrected chi connectivity index (χ4v) is 6.53. The second-order valence-electron chi connectivity index (χ2n) is 10.8. The molecule has 0 amide bonds. The van der Waals surface area contributed by atoms with Crippen molar-refractivity contribution < 1.29 is 33.9 Å². The molecule has 1 saturated heterocycles. The molecule has 4 atom stereocenters. The van der Waals surface area contributed by atoms with Crippen LogP contribution >= 0.6 is 0 Å². The maximum atomic E-state index is 14.1. The molecule has 45 heavy (non-hydrogen) atoms. The van der Waals surface area contributed by atoms with Crippen molar-refractivity contribution in [3.63, 3.8) is 0 Å². The molecule has 4 aromatic rings. The Hall–Kier alpha value is -4.26. The van der Waals surface area contributed by atoms with E-state index in [-0.39, 0.29) is 19.0 Å². The van der Waals surface area contributed by atoms with Gasteiger partial charge in [-0.15, -0.1) is 0 Å². The highest BCUT2D eigenvalue weighted by atomic mass is 16.6. The summed E-state index contributed by atoms with van der Waals surface area (Å²) in [6.07, 6.45) is -2.23. The van der Waals surface area contributed by atoms with Gasteiger partial charge in [-0.1, -0.05) is 72.8 Å². The van der Waals surface area contributed by atoms with Crippen LogP contribution in [0.2, 0.25) is 0 Å². The van der Waals surface area contributed by atoms with E-state index in [1.807, 2.05) is 66.7 Å². The van der Waals surface area contributed by atoms with Crippen molar-refractivity contribution in [3.05, 3.63) is 118 Å². The first-order chi connectivity index (χ1) is 21.8. The lowest BCUT2D eigenvalue weighted by atomic mass is 9.60. The Morgan fingerprint density at radius 1 is 0.956 bits per heavy atom. The van der Waals surface area contributed by atoms with Crippen molar-refractivity contribution in [3.8, 4) is 11.5 Å². The number of nitrogens with zero attached hydrogens (tertiary/aromatic N) is 2. The van der Waals surface area contributed by atoms with E-state index in [1.165, 1.54) is 32.1 Å². The fourth-order valence-electron chi connectivity index (χ4n) is 6.53. The lowest BCUT2D eigenvalue weighted by Crippen LogP contribution is -2.64. The summed E-state index contributed by atoms with van der Waals surface area (Å²) in [5.74, 6) is 0.800. The molecular weight excluding hydrogens is 578 g/mol. The Bertz CT molecular complexity index is 1610. The molecule has 1 fully saturated rings. The number of methoxy groups -OCH3 is 3. The molecule has 0 radical (unpaired) electrons. The number of nitrogen functional groups attached to an aromatic ring is 1. The Labute approximate surface area is 261 Å². The van der Waals surface area contributed by atoms with Crippen LogP contribution in [0.5, 0.6) is 11.5 Å². The molecule has 2 heterocycles. The lowest BCUT2D eigenvalue weighted by Gasteiger charge is -2.51. The van der Waals surface area contributed by atoms with Gasteiger partial charge >= 0.3 is 5.69 Å². The molecular formula is C34H39N3O8.